The highest BCUT2D eigenvalue weighted by Gasteiger charge is 2.20. The van der Waals surface area contributed by atoms with Crippen molar-refractivity contribution < 1.29 is 19.8 Å². The summed E-state index contributed by atoms with van der Waals surface area (Å²) in [6.45, 7) is -0.358. The average molecular weight is 331 g/mol. The van der Waals surface area contributed by atoms with Gasteiger partial charge < -0.3 is 20.8 Å². The number of nitrogens with one attached hydrogen (secondary N) is 2. The molecule has 2 aromatic rings. The van der Waals surface area contributed by atoms with Crippen LogP contribution in [0.15, 0.2) is 12.1 Å². The van der Waals surface area contributed by atoms with Crippen molar-refractivity contribution >= 4 is 52.1 Å². The van der Waals surface area contributed by atoms with Gasteiger partial charge in [-0.05, 0) is 12.1 Å². The first kappa shape index (κ1) is 15.4. The zero-order chi connectivity index (χ0) is 15.4. The van der Waals surface area contributed by atoms with E-state index in [2.05, 4.69) is 19.4 Å². The SMILES string of the molecule is O=C(Nc1c(Cl)ccc2nsnc12)NC(CCO)C(=O)O. The molecule has 1 aromatic heterocycles. The van der Waals surface area contributed by atoms with E-state index in [9.17, 15) is 9.59 Å². The van der Waals surface area contributed by atoms with Crippen molar-refractivity contribution in [3.05, 3.63) is 17.2 Å². The molecule has 1 aromatic carbocycles. The van der Waals surface area contributed by atoms with Crippen molar-refractivity contribution in [2.24, 2.45) is 0 Å². The maximum Gasteiger partial charge on any atom is 0.326 e. The quantitative estimate of drug-likeness (QED) is 0.655. The molecule has 8 nitrogen and oxygen atoms in total. The van der Waals surface area contributed by atoms with Gasteiger partial charge in [-0.1, -0.05) is 11.6 Å². The molecule has 1 atom stereocenters. The van der Waals surface area contributed by atoms with Crippen molar-refractivity contribution in [3.63, 3.8) is 0 Å². The number of anilines is 1. The summed E-state index contributed by atoms with van der Waals surface area (Å²) in [4.78, 5) is 22.8. The Morgan fingerprint density at radius 3 is 2.81 bits per heavy atom. The Kier molecular flexibility index (Phi) is 4.89. The van der Waals surface area contributed by atoms with Crippen LogP contribution in [0, 0.1) is 0 Å². The minimum atomic E-state index is -1.24. The number of carbonyl (C=O) groups is 2. The molecule has 2 rings (SSSR count). The first-order valence-electron chi connectivity index (χ1n) is 5.85. The van der Waals surface area contributed by atoms with Crippen LogP contribution in [-0.4, -0.2) is 43.6 Å². The number of hydrogen-bond acceptors (Lipinski definition) is 6. The summed E-state index contributed by atoms with van der Waals surface area (Å²) in [6, 6.07) is 1.28. The largest absolute Gasteiger partial charge is 0.480 e. The maximum atomic E-state index is 11.8. The number of hydrogen-bond donors (Lipinski definition) is 4. The molecule has 2 amide bonds. The number of halogens is 1. The van der Waals surface area contributed by atoms with Crippen LogP contribution in [0.2, 0.25) is 5.02 Å². The Morgan fingerprint density at radius 2 is 2.14 bits per heavy atom. The smallest absolute Gasteiger partial charge is 0.326 e. The first-order chi connectivity index (χ1) is 10.0. The molecule has 0 bridgehead atoms. The van der Waals surface area contributed by atoms with Gasteiger partial charge in [0.15, 0.2) is 0 Å². The van der Waals surface area contributed by atoms with Crippen molar-refractivity contribution in [1.29, 1.82) is 0 Å². The number of nitrogens with zero attached hydrogens (tertiary/aromatic N) is 2. The summed E-state index contributed by atoms with van der Waals surface area (Å²) in [5.41, 5.74) is 1.26. The lowest BCUT2D eigenvalue weighted by Gasteiger charge is -2.14. The van der Waals surface area contributed by atoms with E-state index in [0.717, 1.165) is 11.7 Å². The first-order valence-corrected chi connectivity index (χ1v) is 6.95. The van der Waals surface area contributed by atoms with E-state index >= 15 is 0 Å². The number of aliphatic hydroxyl groups is 1. The number of aromatic nitrogens is 2. The topological polar surface area (TPSA) is 124 Å². The van der Waals surface area contributed by atoms with E-state index in [1.165, 1.54) is 0 Å². The van der Waals surface area contributed by atoms with E-state index in [1.54, 1.807) is 12.1 Å². The van der Waals surface area contributed by atoms with Gasteiger partial charge in [0, 0.05) is 13.0 Å². The second-order valence-electron chi connectivity index (χ2n) is 4.06. The number of carboxylic acid groups (broad SMARTS) is 1. The Bertz CT molecular complexity index is 677. The van der Waals surface area contributed by atoms with Gasteiger partial charge in [0.25, 0.3) is 0 Å². The third-order valence-electron chi connectivity index (χ3n) is 2.64. The minimum Gasteiger partial charge on any atom is -0.480 e. The number of amides is 2. The number of aliphatic carboxylic acids is 1. The van der Waals surface area contributed by atoms with Gasteiger partial charge in [0.1, 0.15) is 17.1 Å². The standard InChI is InChI=1S/C11H11ClN4O4S/c12-5-1-2-6-9(16-21-15-6)8(5)14-11(20)13-7(3-4-17)10(18)19/h1-2,7,17H,3-4H2,(H,18,19)(H2,13,14,20). The number of fused-ring (bicyclic) bond motifs is 1. The summed E-state index contributed by atoms with van der Waals surface area (Å²) in [7, 11) is 0. The molecular formula is C11H11ClN4O4S. The van der Waals surface area contributed by atoms with Gasteiger partial charge in [-0.15, -0.1) is 0 Å². The Morgan fingerprint density at radius 1 is 1.38 bits per heavy atom. The third-order valence-corrected chi connectivity index (χ3v) is 3.49. The lowest BCUT2D eigenvalue weighted by Crippen LogP contribution is -2.43. The van der Waals surface area contributed by atoms with Crippen LogP contribution in [0.25, 0.3) is 11.0 Å². The summed E-state index contributed by atoms with van der Waals surface area (Å²) in [5.74, 6) is -1.24. The van der Waals surface area contributed by atoms with Crippen LogP contribution in [0.1, 0.15) is 6.42 Å². The highest BCUT2D eigenvalue weighted by Crippen LogP contribution is 2.29. The minimum absolute atomic E-state index is 0.0983. The molecular weight excluding hydrogens is 320 g/mol. The van der Waals surface area contributed by atoms with Crippen molar-refractivity contribution in [2.75, 3.05) is 11.9 Å². The van der Waals surface area contributed by atoms with Crippen LogP contribution in [-0.2, 0) is 4.79 Å². The molecule has 112 valence electrons. The van der Waals surface area contributed by atoms with Crippen LogP contribution in [0.4, 0.5) is 10.5 Å². The third kappa shape index (κ3) is 3.57. The summed E-state index contributed by atoms with van der Waals surface area (Å²) in [6.07, 6.45) is -0.0983. The predicted octanol–water partition coefficient (Wildman–Crippen LogP) is 1.30. The van der Waals surface area contributed by atoms with Crippen LogP contribution in [0.3, 0.4) is 0 Å². The summed E-state index contributed by atoms with van der Waals surface area (Å²) in [5, 5.41) is 22.6. The van der Waals surface area contributed by atoms with E-state index in [-0.39, 0.29) is 23.7 Å². The number of carboxylic acids is 1. The van der Waals surface area contributed by atoms with Gasteiger partial charge in [-0.2, -0.15) is 8.75 Å². The molecule has 1 heterocycles. The molecule has 0 spiro atoms. The molecule has 4 N–H and O–H groups in total. The molecule has 0 aliphatic rings. The van der Waals surface area contributed by atoms with E-state index < -0.39 is 18.0 Å². The highest BCUT2D eigenvalue weighted by molar-refractivity contribution is 7.00. The second-order valence-corrected chi connectivity index (χ2v) is 4.99. The molecule has 0 fully saturated rings. The van der Waals surface area contributed by atoms with E-state index in [0.29, 0.717) is 11.0 Å². The van der Waals surface area contributed by atoms with E-state index in [4.69, 9.17) is 21.8 Å². The fourth-order valence-corrected chi connectivity index (χ4v) is 2.38. The Balaban J connectivity index is 2.16. The molecule has 10 heteroatoms. The average Bonchev–Trinajstić information content (AvgIpc) is 2.90. The predicted molar refractivity (Wildman–Crippen MR) is 77.7 cm³/mol. The molecule has 0 saturated carbocycles. The van der Waals surface area contributed by atoms with Gasteiger partial charge >= 0.3 is 12.0 Å². The normalized spacial score (nSPS) is 12.1. The molecule has 1 unspecified atom stereocenters. The fraction of sp³-hybridized carbons (Fsp3) is 0.273. The molecule has 0 saturated heterocycles. The van der Waals surface area contributed by atoms with Gasteiger partial charge in [-0.25, -0.2) is 9.59 Å². The molecule has 21 heavy (non-hydrogen) atoms. The van der Waals surface area contributed by atoms with Gasteiger partial charge in [0.05, 0.1) is 22.4 Å². The lowest BCUT2D eigenvalue weighted by molar-refractivity contribution is -0.139. The number of rotatable bonds is 5. The molecule has 0 radical (unpaired) electrons. The zero-order valence-corrected chi connectivity index (χ0v) is 12.1. The van der Waals surface area contributed by atoms with Crippen LogP contribution < -0.4 is 10.6 Å². The van der Waals surface area contributed by atoms with E-state index in [1.807, 2.05) is 0 Å². The molecule has 0 aliphatic carbocycles. The Hall–Kier alpha value is -1.97. The van der Waals surface area contributed by atoms with Crippen molar-refractivity contribution in [3.8, 4) is 0 Å². The van der Waals surface area contributed by atoms with Crippen molar-refractivity contribution in [2.45, 2.75) is 12.5 Å². The molecule has 0 aliphatic heterocycles. The highest BCUT2D eigenvalue weighted by atomic mass is 35.5. The van der Waals surface area contributed by atoms with Gasteiger partial charge in [0.2, 0.25) is 0 Å². The zero-order valence-electron chi connectivity index (χ0n) is 10.5. The number of carbonyl (C=O) groups excluding carboxylic acids is 1. The van der Waals surface area contributed by atoms with Crippen LogP contribution >= 0.6 is 23.3 Å². The number of aliphatic hydroxyl groups excluding tert-OH is 1. The second kappa shape index (κ2) is 6.66. The summed E-state index contributed by atoms with van der Waals surface area (Å²) < 4.78 is 8.05. The summed E-state index contributed by atoms with van der Waals surface area (Å²) >= 11 is 6.97. The van der Waals surface area contributed by atoms with Crippen molar-refractivity contribution in [1.82, 2.24) is 14.1 Å². The number of benzene rings is 1. The monoisotopic (exact) mass is 330 g/mol. The Labute approximate surface area is 128 Å². The maximum absolute atomic E-state index is 11.8. The van der Waals surface area contributed by atoms with Crippen LogP contribution in [0.5, 0.6) is 0 Å². The number of urea groups is 1. The lowest BCUT2D eigenvalue weighted by atomic mass is 10.2. The fourth-order valence-electron chi connectivity index (χ4n) is 1.64. The van der Waals surface area contributed by atoms with Gasteiger partial charge in [-0.3, -0.25) is 0 Å².